The molecule has 0 fully saturated rings. The van der Waals surface area contributed by atoms with Gasteiger partial charge in [0.15, 0.2) is 0 Å². The van der Waals surface area contributed by atoms with Gasteiger partial charge in [-0.1, -0.05) is 176 Å². The lowest BCUT2D eigenvalue weighted by Crippen LogP contribution is -2.26. The van der Waals surface area contributed by atoms with Gasteiger partial charge in [0.2, 0.25) is 0 Å². The van der Waals surface area contributed by atoms with Gasteiger partial charge in [-0.2, -0.15) is 0 Å². The summed E-state index contributed by atoms with van der Waals surface area (Å²) in [5, 5.41) is 7.02. The van der Waals surface area contributed by atoms with Crippen LogP contribution in [0.3, 0.4) is 0 Å². The molecule has 2 aromatic heterocycles. The van der Waals surface area contributed by atoms with E-state index >= 15 is 0 Å². The summed E-state index contributed by atoms with van der Waals surface area (Å²) in [6, 6.07) is 86.5. The number of hydrogen-bond donors (Lipinski definition) is 0. The van der Waals surface area contributed by atoms with E-state index in [4.69, 9.17) is 9.97 Å². The maximum Gasteiger partial charge on any atom is 0.0979 e. The number of para-hydroxylation sites is 2. The molecule has 4 nitrogen and oxygen atoms in total. The van der Waals surface area contributed by atoms with Gasteiger partial charge in [-0.3, -0.25) is 4.98 Å². The van der Waals surface area contributed by atoms with E-state index in [2.05, 4.69) is 246 Å². The lowest BCUT2D eigenvalue weighted by molar-refractivity contribution is 0.792. The van der Waals surface area contributed by atoms with E-state index in [0.29, 0.717) is 0 Å². The van der Waals surface area contributed by atoms with E-state index in [-0.39, 0.29) is 0 Å². The number of fused-ring (bicyclic) bond motifs is 19. The first kappa shape index (κ1) is 38.0. The third-order valence-electron chi connectivity index (χ3n) is 15.0. The van der Waals surface area contributed by atoms with Crippen molar-refractivity contribution < 1.29 is 0 Å². The average Bonchev–Trinajstić information content (AvgIpc) is 4.03. The Labute approximate surface area is 398 Å². The summed E-state index contributed by atoms with van der Waals surface area (Å²) in [5.41, 5.74) is 20.6. The second-order valence-electron chi connectivity index (χ2n) is 18.4. The maximum absolute atomic E-state index is 5.30. The van der Waals surface area contributed by atoms with Gasteiger partial charge < -0.3 is 9.47 Å². The van der Waals surface area contributed by atoms with Crippen molar-refractivity contribution in [1.82, 2.24) is 14.5 Å². The van der Waals surface area contributed by atoms with E-state index in [1.807, 2.05) is 6.20 Å². The number of aromatic nitrogens is 3. The predicted octanol–water partition coefficient (Wildman–Crippen LogP) is 16.5. The number of rotatable bonds is 5. The van der Waals surface area contributed by atoms with Crippen LogP contribution in [0.5, 0.6) is 0 Å². The molecule has 2 heterocycles. The number of anilines is 3. The second kappa shape index (κ2) is 14.4. The normalized spacial score (nSPS) is 13.0. The molecule has 11 aromatic carbocycles. The summed E-state index contributed by atoms with van der Waals surface area (Å²) in [5.74, 6) is 0. The first-order valence-corrected chi connectivity index (χ1v) is 23.7. The Balaban J connectivity index is 0.870. The van der Waals surface area contributed by atoms with Crippen LogP contribution in [0.25, 0.3) is 93.6 Å². The number of benzene rings is 11. The highest BCUT2D eigenvalue weighted by molar-refractivity contribution is 6.23. The molecular weight excluding hydrogens is 837 g/mol. The molecule has 0 atom stereocenters. The van der Waals surface area contributed by atoms with Gasteiger partial charge in [0.05, 0.1) is 39.4 Å². The van der Waals surface area contributed by atoms with Crippen molar-refractivity contribution >= 4 is 71.4 Å². The topological polar surface area (TPSA) is 34.0 Å². The van der Waals surface area contributed by atoms with Gasteiger partial charge in [0.25, 0.3) is 0 Å². The molecule has 320 valence electrons. The molecule has 0 bridgehead atoms. The van der Waals surface area contributed by atoms with E-state index in [0.717, 1.165) is 61.3 Å². The van der Waals surface area contributed by atoms with Gasteiger partial charge in [0, 0.05) is 49.9 Å². The van der Waals surface area contributed by atoms with Gasteiger partial charge in [-0.05, 0) is 116 Å². The smallest absolute Gasteiger partial charge is 0.0979 e. The first-order valence-electron chi connectivity index (χ1n) is 23.7. The van der Waals surface area contributed by atoms with Crippen molar-refractivity contribution in [2.45, 2.75) is 5.41 Å². The van der Waals surface area contributed by atoms with Gasteiger partial charge >= 0.3 is 0 Å². The summed E-state index contributed by atoms with van der Waals surface area (Å²) in [6.45, 7) is 0. The molecule has 69 heavy (non-hydrogen) atoms. The molecule has 15 rings (SSSR count). The van der Waals surface area contributed by atoms with Crippen molar-refractivity contribution in [3.05, 3.63) is 265 Å². The second-order valence-corrected chi connectivity index (χ2v) is 18.4. The SMILES string of the molecule is c1ccc(N(c2ccc(-c3cnc4c5ccccc5c5ccccc5c4n3)cc2)c2ccc3c(c2)c2ccccc2n3-c2ccc3c(c2)C2(c4ccccc4-c4ccccc42)c2ccccc2-3)cc1. The largest absolute Gasteiger partial charge is 0.310 e. The summed E-state index contributed by atoms with van der Waals surface area (Å²) in [4.78, 5) is 12.7. The van der Waals surface area contributed by atoms with Crippen molar-refractivity contribution in [1.29, 1.82) is 0 Å². The Kier molecular flexibility index (Phi) is 7.96. The van der Waals surface area contributed by atoms with Crippen LogP contribution in [0, 0.1) is 0 Å². The van der Waals surface area contributed by atoms with Gasteiger partial charge in [-0.15, -0.1) is 0 Å². The fourth-order valence-electron chi connectivity index (χ4n) is 12.2. The van der Waals surface area contributed by atoms with E-state index in [1.165, 1.54) is 71.6 Å². The third-order valence-corrected chi connectivity index (χ3v) is 15.0. The Morgan fingerprint density at radius 1 is 0.348 bits per heavy atom. The lowest BCUT2D eigenvalue weighted by Gasteiger charge is -2.30. The molecule has 2 aliphatic rings. The lowest BCUT2D eigenvalue weighted by atomic mass is 9.70. The monoisotopic (exact) mass is 876 g/mol. The van der Waals surface area contributed by atoms with Crippen LogP contribution in [0.4, 0.5) is 17.1 Å². The quantitative estimate of drug-likeness (QED) is 0.162. The first-order chi connectivity index (χ1) is 34.2. The molecule has 0 amide bonds. The molecule has 0 N–H and O–H groups in total. The van der Waals surface area contributed by atoms with Crippen molar-refractivity contribution in [3.63, 3.8) is 0 Å². The maximum atomic E-state index is 5.30. The minimum absolute atomic E-state index is 0.420. The molecule has 0 unspecified atom stereocenters. The minimum Gasteiger partial charge on any atom is -0.310 e. The van der Waals surface area contributed by atoms with Crippen LogP contribution in [-0.2, 0) is 5.41 Å². The molecule has 0 saturated carbocycles. The summed E-state index contributed by atoms with van der Waals surface area (Å²) < 4.78 is 2.47. The average molecular weight is 877 g/mol. The highest BCUT2D eigenvalue weighted by Crippen LogP contribution is 2.63. The van der Waals surface area contributed by atoms with Crippen LogP contribution < -0.4 is 4.90 Å². The number of hydrogen-bond acceptors (Lipinski definition) is 3. The fourth-order valence-corrected chi connectivity index (χ4v) is 12.2. The standard InChI is InChI=1S/C65H40N4/c1-2-16-42(17-3-1)68(43-32-30-41(31-33-43)60-40-66-63-53-24-6-4-18-46(53)47-19-5-7-25-54(47)64(63)67-60)44-35-37-62-55(38-44)52-23-11-15-29-61(52)69(62)45-34-36-51-50-22-10-14-28-58(50)65(59(51)39-45)56-26-12-8-20-48(56)49-21-9-13-27-57(49)65/h1-40H. The van der Waals surface area contributed by atoms with Gasteiger partial charge in [-0.25, -0.2) is 4.98 Å². The summed E-state index contributed by atoms with van der Waals surface area (Å²) >= 11 is 0. The Morgan fingerprint density at radius 2 is 0.855 bits per heavy atom. The van der Waals surface area contributed by atoms with E-state index in [9.17, 15) is 0 Å². The molecule has 0 aliphatic heterocycles. The fraction of sp³-hybridized carbons (Fsp3) is 0.0154. The molecule has 2 aliphatic carbocycles. The predicted molar refractivity (Wildman–Crippen MR) is 285 cm³/mol. The van der Waals surface area contributed by atoms with E-state index in [1.54, 1.807) is 0 Å². The molecule has 0 radical (unpaired) electrons. The highest BCUT2D eigenvalue weighted by Gasteiger charge is 2.51. The summed E-state index contributed by atoms with van der Waals surface area (Å²) in [7, 11) is 0. The van der Waals surface area contributed by atoms with Crippen LogP contribution in [0.2, 0.25) is 0 Å². The molecule has 13 aromatic rings. The van der Waals surface area contributed by atoms with Crippen LogP contribution in [0.1, 0.15) is 22.3 Å². The minimum atomic E-state index is -0.420. The Bertz CT molecular complexity index is 4160. The van der Waals surface area contributed by atoms with Crippen molar-refractivity contribution in [2.24, 2.45) is 0 Å². The Morgan fingerprint density at radius 3 is 1.52 bits per heavy atom. The molecule has 0 saturated heterocycles. The molecule has 1 spiro atoms. The zero-order chi connectivity index (χ0) is 45.2. The van der Waals surface area contributed by atoms with Crippen LogP contribution >= 0.6 is 0 Å². The highest BCUT2D eigenvalue weighted by atomic mass is 15.1. The van der Waals surface area contributed by atoms with Crippen molar-refractivity contribution in [3.8, 4) is 39.2 Å². The number of nitrogens with zero attached hydrogens (tertiary/aromatic N) is 4. The van der Waals surface area contributed by atoms with Crippen LogP contribution in [0.15, 0.2) is 243 Å². The Hall–Kier alpha value is -9.12. The zero-order valence-electron chi connectivity index (χ0n) is 37.4. The molecule has 4 heteroatoms. The third kappa shape index (κ3) is 5.28. The molecular formula is C65H40N4. The van der Waals surface area contributed by atoms with Crippen molar-refractivity contribution in [2.75, 3.05) is 4.90 Å². The summed E-state index contributed by atoms with van der Waals surface area (Å²) in [6.07, 6.45) is 1.92. The van der Waals surface area contributed by atoms with Crippen LogP contribution in [-0.4, -0.2) is 14.5 Å². The zero-order valence-corrected chi connectivity index (χ0v) is 37.4. The van der Waals surface area contributed by atoms with Gasteiger partial charge in [0.1, 0.15) is 0 Å². The van der Waals surface area contributed by atoms with E-state index < -0.39 is 5.41 Å².